The Balaban J connectivity index is 0.00000176. The molecule has 3 nitrogen and oxygen atoms in total. The van der Waals surface area contributed by atoms with Crippen molar-refractivity contribution in [1.29, 1.82) is 0 Å². The number of halogens is 1. The van der Waals surface area contributed by atoms with Gasteiger partial charge in [-0.3, -0.25) is 4.79 Å². The number of rotatable bonds is 4. The molecule has 1 unspecified atom stereocenters. The molecule has 0 spiro atoms. The van der Waals surface area contributed by atoms with E-state index < -0.39 is 0 Å². The summed E-state index contributed by atoms with van der Waals surface area (Å²) in [5, 5.41) is 3.58. The van der Waals surface area contributed by atoms with Crippen molar-refractivity contribution < 1.29 is 4.79 Å². The van der Waals surface area contributed by atoms with Gasteiger partial charge in [0.25, 0.3) is 0 Å². The fourth-order valence-corrected chi connectivity index (χ4v) is 4.87. The molecule has 122 valence electrons. The van der Waals surface area contributed by atoms with Crippen LogP contribution in [0.15, 0.2) is 24.3 Å². The van der Waals surface area contributed by atoms with Crippen LogP contribution >= 0.6 is 24.2 Å². The molecule has 3 atom stereocenters. The van der Waals surface area contributed by atoms with Gasteiger partial charge >= 0.3 is 0 Å². The Morgan fingerprint density at radius 1 is 1.32 bits per heavy atom. The highest BCUT2D eigenvalue weighted by Gasteiger charge is 2.32. The first-order chi connectivity index (χ1) is 10.3. The number of aryl methyl sites for hydroxylation is 1. The summed E-state index contributed by atoms with van der Waals surface area (Å²) in [7, 11) is 0. The Morgan fingerprint density at radius 2 is 2.14 bits per heavy atom. The van der Waals surface area contributed by atoms with E-state index in [0.29, 0.717) is 17.7 Å². The molecular weight excluding hydrogens is 316 g/mol. The van der Waals surface area contributed by atoms with Gasteiger partial charge in [0.1, 0.15) is 0 Å². The van der Waals surface area contributed by atoms with E-state index in [1.807, 2.05) is 11.8 Å². The zero-order chi connectivity index (χ0) is 14.7. The number of thioether (sulfide) groups is 1. The van der Waals surface area contributed by atoms with E-state index in [9.17, 15) is 4.79 Å². The minimum atomic E-state index is 0. The van der Waals surface area contributed by atoms with Gasteiger partial charge in [0, 0.05) is 17.7 Å². The van der Waals surface area contributed by atoms with E-state index in [-0.39, 0.29) is 24.2 Å². The Labute approximate surface area is 143 Å². The van der Waals surface area contributed by atoms with Crippen molar-refractivity contribution in [2.45, 2.75) is 30.9 Å². The van der Waals surface area contributed by atoms with E-state index in [1.54, 1.807) is 0 Å². The molecule has 1 saturated carbocycles. The maximum Gasteiger partial charge on any atom is 0.223 e. The highest BCUT2D eigenvalue weighted by molar-refractivity contribution is 7.99. The lowest BCUT2D eigenvalue weighted by Crippen LogP contribution is -2.37. The summed E-state index contributed by atoms with van der Waals surface area (Å²) in [6.45, 7) is 1.38. The largest absolute Gasteiger partial charge is 0.354 e. The van der Waals surface area contributed by atoms with Crippen LogP contribution in [0.25, 0.3) is 0 Å². The van der Waals surface area contributed by atoms with Gasteiger partial charge < -0.3 is 11.1 Å². The summed E-state index contributed by atoms with van der Waals surface area (Å²) in [6.07, 6.45) is 4.39. The highest BCUT2D eigenvalue weighted by Crippen LogP contribution is 2.36. The van der Waals surface area contributed by atoms with Crippen LogP contribution in [0.4, 0.5) is 0 Å². The monoisotopic (exact) mass is 340 g/mol. The predicted octanol–water partition coefficient (Wildman–Crippen LogP) is 2.93. The maximum absolute atomic E-state index is 12.4. The molecule has 1 heterocycles. The fraction of sp³-hybridized carbons (Fsp3) is 0.588. The Bertz CT molecular complexity index is 511. The molecular formula is C17H25ClN2OS. The third-order valence-electron chi connectivity index (χ3n) is 4.85. The lowest BCUT2D eigenvalue weighted by Gasteiger charge is -2.26. The summed E-state index contributed by atoms with van der Waals surface area (Å²) >= 11 is 1.96. The second kappa shape index (κ2) is 8.23. The number of nitrogens with two attached hydrogens (primary N) is 1. The maximum atomic E-state index is 12.4. The smallest absolute Gasteiger partial charge is 0.223 e. The number of carbonyl (C=O) groups excluding carboxylic acids is 1. The molecule has 1 aliphatic carbocycles. The van der Waals surface area contributed by atoms with Gasteiger partial charge in [-0.25, -0.2) is 0 Å². The average Bonchev–Trinajstić information content (AvgIpc) is 3.01. The van der Waals surface area contributed by atoms with Crippen LogP contribution < -0.4 is 11.1 Å². The molecule has 2 aliphatic rings. The molecule has 1 fully saturated rings. The first-order valence-electron chi connectivity index (χ1n) is 7.96. The Morgan fingerprint density at radius 3 is 2.95 bits per heavy atom. The molecule has 0 aromatic heterocycles. The van der Waals surface area contributed by atoms with E-state index in [2.05, 4.69) is 29.6 Å². The van der Waals surface area contributed by atoms with Gasteiger partial charge in [-0.05, 0) is 48.6 Å². The van der Waals surface area contributed by atoms with Crippen molar-refractivity contribution in [3.05, 3.63) is 35.4 Å². The van der Waals surface area contributed by atoms with E-state index in [1.165, 1.54) is 11.1 Å². The number of fused-ring (bicyclic) bond motifs is 1. The van der Waals surface area contributed by atoms with Crippen LogP contribution in [-0.2, 0) is 11.2 Å². The van der Waals surface area contributed by atoms with Crippen LogP contribution in [0.3, 0.4) is 0 Å². The fourth-order valence-electron chi connectivity index (χ4n) is 3.63. The zero-order valence-corrected chi connectivity index (χ0v) is 14.4. The number of hydrogen-bond donors (Lipinski definition) is 2. The Kier molecular flexibility index (Phi) is 6.60. The van der Waals surface area contributed by atoms with Gasteiger partial charge in [0.2, 0.25) is 5.91 Å². The molecule has 1 amide bonds. The second-order valence-electron chi connectivity index (χ2n) is 6.09. The molecule has 1 aliphatic heterocycles. The van der Waals surface area contributed by atoms with Crippen LogP contribution in [0, 0.1) is 11.8 Å². The number of carbonyl (C=O) groups is 1. The molecule has 1 aromatic carbocycles. The molecule has 5 heteroatoms. The number of benzene rings is 1. The van der Waals surface area contributed by atoms with Crippen LogP contribution in [0.5, 0.6) is 0 Å². The number of nitrogens with one attached hydrogen (secondary N) is 1. The molecule has 1 aromatic rings. The molecule has 3 N–H and O–H groups in total. The standard InChI is InChI=1S/C17H24N2OS.ClH/c18-10-13-5-3-7-15(13)17(20)19-11-16-14-6-2-1-4-12(14)8-9-21-16;/h1-2,4,6,13,15-16H,3,5,7-11,18H2,(H,19,20);1H/t13-,15-,16?;/m1./s1. The first-order valence-corrected chi connectivity index (χ1v) is 9.01. The third-order valence-corrected chi connectivity index (χ3v) is 6.12. The zero-order valence-electron chi connectivity index (χ0n) is 12.8. The van der Waals surface area contributed by atoms with Gasteiger partial charge in [-0.15, -0.1) is 12.4 Å². The van der Waals surface area contributed by atoms with Crippen LogP contribution in [0.2, 0.25) is 0 Å². The predicted molar refractivity (Wildman–Crippen MR) is 95.5 cm³/mol. The topological polar surface area (TPSA) is 55.1 Å². The summed E-state index contributed by atoms with van der Waals surface area (Å²) in [4.78, 5) is 12.4. The summed E-state index contributed by atoms with van der Waals surface area (Å²) in [5.74, 6) is 1.88. The van der Waals surface area contributed by atoms with Gasteiger partial charge in [-0.2, -0.15) is 11.8 Å². The van der Waals surface area contributed by atoms with Crippen molar-refractivity contribution in [3.8, 4) is 0 Å². The lowest BCUT2D eigenvalue weighted by atomic mass is 9.95. The van der Waals surface area contributed by atoms with E-state index in [4.69, 9.17) is 5.73 Å². The normalized spacial score (nSPS) is 26.9. The average molecular weight is 341 g/mol. The lowest BCUT2D eigenvalue weighted by molar-refractivity contribution is -0.125. The highest BCUT2D eigenvalue weighted by atomic mass is 35.5. The molecule has 0 bridgehead atoms. The van der Waals surface area contributed by atoms with Gasteiger partial charge in [0.15, 0.2) is 0 Å². The van der Waals surface area contributed by atoms with Gasteiger partial charge in [-0.1, -0.05) is 30.7 Å². The minimum Gasteiger partial charge on any atom is -0.354 e. The van der Waals surface area contributed by atoms with Crippen LogP contribution in [-0.4, -0.2) is 24.7 Å². The first kappa shape index (κ1) is 17.6. The van der Waals surface area contributed by atoms with Crippen molar-refractivity contribution >= 4 is 30.1 Å². The third kappa shape index (κ3) is 3.79. The van der Waals surface area contributed by atoms with E-state index in [0.717, 1.165) is 38.0 Å². The SMILES string of the molecule is Cl.NC[C@H]1CCC[C@H]1C(=O)NCC1SCCc2ccccc21. The number of hydrogen-bond acceptors (Lipinski definition) is 3. The van der Waals surface area contributed by atoms with Gasteiger partial charge in [0.05, 0.1) is 0 Å². The minimum absolute atomic E-state index is 0. The van der Waals surface area contributed by atoms with Crippen molar-refractivity contribution in [2.24, 2.45) is 17.6 Å². The summed E-state index contributed by atoms with van der Waals surface area (Å²) in [6, 6.07) is 8.62. The molecule has 22 heavy (non-hydrogen) atoms. The second-order valence-corrected chi connectivity index (χ2v) is 7.40. The quantitative estimate of drug-likeness (QED) is 0.886. The van der Waals surface area contributed by atoms with Crippen molar-refractivity contribution in [2.75, 3.05) is 18.8 Å². The molecule has 0 saturated heterocycles. The molecule has 3 rings (SSSR count). The van der Waals surface area contributed by atoms with Crippen molar-refractivity contribution in [1.82, 2.24) is 5.32 Å². The summed E-state index contributed by atoms with van der Waals surface area (Å²) < 4.78 is 0. The Hall–Kier alpha value is -0.710. The molecule has 0 radical (unpaired) electrons. The van der Waals surface area contributed by atoms with E-state index >= 15 is 0 Å². The van der Waals surface area contributed by atoms with Crippen LogP contribution in [0.1, 0.15) is 35.6 Å². The summed E-state index contributed by atoms with van der Waals surface area (Å²) in [5.41, 5.74) is 8.62. The number of amides is 1. The van der Waals surface area contributed by atoms with Crippen molar-refractivity contribution in [3.63, 3.8) is 0 Å².